The van der Waals surface area contributed by atoms with E-state index in [0.29, 0.717) is 19.4 Å². The number of rotatable bonds is 72. The molecule has 0 aromatic rings. The van der Waals surface area contributed by atoms with Gasteiger partial charge in [0.05, 0.1) is 25.4 Å². The van der Waals surface area contributed by atoms with Crippen LogP contribution < -0.4 is 5.32 Å². The van der Waals surface area contributed by atoms with Crippen molar-refractivity contribution in [3.8, 4) is 0 Å². The Morgan fingerprint density at radius 3 is 0.855 bits per heavy atom. The van der Waals surface area contributed by atoms with Crippen molar-refractivity contribution in [2.45, 2.75) is 443 Å². The molecule has 492 valence electrons. The van der Waals surface area contributed by atoms with E-state index in [4.69, 9.17) is 4.74 Å². The number of ether oxygens (including phenoxy) is 1. The van der Waals surface area contributed by atoms with E-state index in [1.165, 1.54) is 360 Å². The molecule has 0 aromatic heterocycles. The molecular weight excluding hydrogens is 1020 g/mol. The van der Waals surface area contributed by atoms with Crippen LogP contribution in [0, 0.1) is 0 Å². The summed E-state index contributed by atoms with van der Waals surface area (Å²) in [7, 11) is 0. The molecule has 6 nitrogen and oxygen atoms in total. The van der Waals surface area contributed by atoms with Crippen molar-refractivity contribution in [1.29, 1.82) is 0 Å². The summed E-state index contributed by atoms with van der Waals surface area (Å²) in [6, 6.07) is -0.626. The van der Waals surface area contributed by atoms with Gasteiger partial charge < -0.3 is 20.3 Å². The zero-order chi connectivity index (χ0) is 59.9. The predicted molar refractivity (Wildman–Crippen MR) is 366 cm³/mol. The number of esters is 1. The lowest BCUT2D eigenvalue weighted by Gasteiger charge is -2.20. The van der Waals surface area contributed by atoms with Crippen molar-refractivity contribution in [2.75, 3.05) is 13.2 Å². The Morgan fingerprint density at radius 2 is 0.566 bits per heavy atom. The summed E-state index contributed by atoms with van der Waals surface area (Å²) >= 11 is 0. The highest BCUT2D eigenvalue weighted by Crippen LogP contribution is 2.20. The molecule has 83 heavy (non-hydrogen) atoms. The van der Waals surface area contributed by atoms with Crippen LogP contribution in [0.2, 0.25) is 0 Å². The minimum atomic E-state index is -0.843. The Kier molecular flexibility index (Phi) is 71.4. The summed E-state index contributed by atoms with van der Waals surface area (Å²) in [5.41, 5.74) is 0. The molecule has 6 heteroatoms. The summed E-state index contributed by atoms with van der Waals surface area (Å²) in [4.78, 5) is 24.6. The zero-order valence-electron chi connectivity index (χ0n) is 56.5. The fourth-order valence-corrected chi connectivity index (χ4v) is 12.2. The van der Waals surface area contributed by atoms with Gasteiger partial charge in [0.15, 0.2) is 0 Å². The number of allylic oxidation sites excluding steroid dienone is 3. The highest BCUT2D eigenvalue weighted by Gasteiger charge is 2.18. The van der Waals surface area contributed by atoms with Gasteiger partial charge in [0.25, 0.3) is 0 Å². The monoisotopic (exact) mass is 1170 g/mol. The maximum atomic E-state index is 12.5. The lowest BCUT2D eigenvalue weighted by molar-refractivity contribution is -0.143. The third-order valence-electron chi connectivity index (χ3n) is 18.0. The topological polar surface area (TPSA) is 95.9 Å². The van der Waals surface area contributed by atoms with E-state index in [0.717, 1.165) is 44.9 Å². The molecule has 0 bridgehead atoms. The Labute approximate surface area is 520 Å². The number of aliphatic hydroxyl groups is 2. The van der Waals surface area contributed by atoms with Gasteiger partial charge in [0.1, 0.15) is 0 Å². The van der Waals surface area contributed by atoms with E-state index >= 15 is 0 Å². The van der Waals surface area contributed by atoms with Crippen LogP contribution in [0.15, 0.2) is 24.3 Å². The number of unbranched alkanes of at least 4 members (excludes halogenated alkanes) is 59. The highest BCUT2D eigenvalue weighted by molar-refractivity contribution is 5.76. The average Bonchev–Trinajstić information content (AvgIpc) is 3.49. The SMILES string of the molecule is CCCCCCC/C=C\CCCCCCCC(=O)OCCCCCCCCCCCCCCCCCCCCCCCCCCCCCCCCC(=O)NC(CO)C(O)/C=C/CCCCCCCCCCCCCCCCCCCCCC. The molecule has 0 aromatic carbocycles. The van der Waals surface area contributed by atoms with Crippen molar-refractivity contribution in [2.24, 2.45) is 0 Å². The number of aliphatic hydroxyl groups excluding tert-OH is 2. The molecule has 1 amide bonds. The van der Waals surface area contributed by atoms with Crippen LogP contribution in [0.1, 0.15) is 431 Å². The quantitative estimate of drug-likeness (QED) is 0.0320. The third-order valence-corrected chi connectivity index (χ3v) is 18.0. The van der Waals surface area contributed by atoms with E-state index in [9.17, 15) is 19.8 Å². The Morgan fingerprint density at radius 1 is 0.325 bits per heavy atom. The third kappa shape index (κ3) is 69.3. The minimum Gasteiger partial charge on any atom is -0.466 e. The summed E-state index contributed by atoms with van der Waals surface area (Å²) in [5.74, 6) is -0.0472. The molecule has 0 heterocycles. The van der Waals surface area contributed by atoms with Crippen LogP contribution in [0.5, 0.6) is 0 Å². The van der Waals surface area contributed by atoms with Crippen molar-refractivity contribution in [3.05, 3.63) is 24.3 Å². The van der Waals surface area contributed by atoms with E-state index in [1.807, 2.05) is 6.08 Å². The van der Waals surface area contributed by atoms with Gasteiger partial charge in [-0.25, -0.2) is 0 Å². The molecule has 0 aliphatic carbocycles. The first kappa shape index (κ1) is 81.3. The van der Waals surface area contributed by atoms with Crippen molar-refractivity contribution in [3.63, 3.8) is 0 Å². The fraction of sp³-hybridized carbons (Fsp3) is 0.922. The van der Waals surface area contributed by atoms with Crippen LogP contribution in [0.3, 0.4) is 0 Å². The van der Waals surface area contributed by atoms with Gasteiger partial charge in [-0.1, -0.05) is 385 Å². The van der Waals surface area contributed by atoms with Gasteiger partial charge >= 0.3 is 5.97 Å². The fourth-order valence-electron chi connectivity index (χ4n) is 12.2. The molecule has 2 atom stereocenters. The minimum absolute atomic E-state index is 0.0121. The molecule has 0 aliphatic rings. The molecular formula is C77H149NO5. The smallest absolute Gasteiger partial charge is 0.305 e. The van der Waals surface area contributed by atoms with Crippen LogP contribution in [-0.4, -0.2) is 47.4 Å². The largest absolute Gasteiger partial charge is 0.466 e. The maximum Gasteiger partial charge on any atom is 0.305 e. The maximum absolute atomic E-state index is 12.5. The first-order chi connectivity index (χ1) is 41.0. The molecule has 0 fully saturated rings. The number of nitrogens with one attached hydrogen (secondary N) is 1. The second kappa shape index (κ2) is 72.8. The Balaban J connectivity index is 3.36. The second-order valence-electron chi connectivity index (χ2n) is 26.3. The van der Waals surface area contributed by atoms with Crippen molar-refractivity contribution < 1.29 is 24.5 Å². The molecule has 0 rings (SSSR count). The predicted octanol–water partition coefficient (Wildman–Crippen LogP) is 24.9. The first-order valence-electron chi connectivity index (χ1n) is 38.1. The van der Waals surface area contributed by atoms with E-state index in [-0.39, 0.29) is 18.5 Å². The molecule has 2 unspecified atom stereocenters. The van der Waals surface area contributed by atoms with E-state index in [2.05, 4.69) is 31.3 Å². The van der Waals surface area contributed by atoms with E-state index in [1.54, 1.807) is 6.08 Å². The van der Waals surface area contributed by atoms with Gasteiger partial charge in [0.2, 0.25) is 5.91 Å². The zero-order valence-corrected chi connectivity index (χ0v) is 56.5. The van der Waals surface area contributed by atoms with Gasteiger partial charge in [-0.3, -0.25) is 9.59 Å². The second-order valence-corrected chi connectivity index (χ2v) is 26.3. The molecule has 3 N–H and O–H groups in total. The molecule has 0 radical (unpaired) electrons. The Hall–Kier alpha value is -1.66. The van der Waals surface area contributed by atoms with Gasteiger partial charge in [-0.05, 0) is 57.8 Å². The molecule has 0 saturated heterocycles. The number of amides is 1. The lowest BCUT2D eigenvalue weighted by atomic mass is 10.0. The lowest BCUT2D eigenvalue weighted by Crippen LogP contribution is -2.45. The van der Waals surface area contributed by atoms with Crippen LogP contribution >= 0.6 is 0 Å². The summed E-state index contributed by atoms with van der Waals surface area (Å²) in [6.07, 6.45) is 92.8. The standard InChI is InChI=1S/C77H149NO5/c1-3-5-7-9-11-13-15-17-19-20-21-22-33-36-39-42-45-49-53-57-61-65-69-75(80)74(73-79)78-76(81)70-66-62-58-54-50-46-43-40-37-34-31-29-27-25-23-24-26-28-30-32-35-38-41-44-48-52-56-60-64-68-72-83-77(82)71-67-63-59-55-51-47-18-16-14-12-10-8-6-4-2/h16,18,65,69,74-75,79-80H,3-15,17,19-64,66-68,70-73H2,1-2H3,(H,78,81)/b18-16-,69-65+. The number of carbonyl (C=O) groups excluding carboxylic acids is 2. The summed E-state index contributed by atoms with van der Waals surface area (Å²) in [5, 5.41) is 23.3. The molecule has 0 saturated carbocycles. The molecule has 0 spiro atoms. The van der Waals surface area contributed by atoms with E-state index < -0.39 is 12.1 Å². The van der Waals surface area contributed by atoms with Gasteiger partial charge in [-0.15, -0.1) is 0 Å². The van der Waals surface area contributed by atoms with Gasteiger partial charge in [0, 0.05) is 12.8 Å². The van der Waals surface area contributed by atoms with Crippen LogP contribution in [0.25, 0.3) is 0 Å². The number of carbonyl (C=O) groups is 2. The Bertz CT molecular complexity index is 1300. The summed E-state index contributed by atoms with van der Waals surface area (Å²) < 4.78 is 5.49. The number of hydrogen-bond donors (Lipinski definition) is 3. The van der Waals surface area contributed by atoms with Gasteiger partial charge in [-0.2, -0.15) is 0 Å². The van der Waals surface area contributed by atoms with Crippen molar-refractivity contribution in [1.82, 2.24) is 5.32 Å². The van der Waals surface area contributed by atoms with Crippen molar-refractivity contribution >= 4 is 11.9 Å². The number of hydrogen-bond acceptors (Lipinski definition) is 5. The average molecular weight is 1170 g/mol. The first-order valence-corrected chi connectivity index (χ1v) is 38.1. The summed E-state index contributed by atoms with van der Waals surface area (Å²) in [6.45, 7) is 4.94. The van der Waals surface area contributed by atoms with Crippen LogP contribution in [-0.2, 0) is 14.3 Å². The molecule has 0 aliphatic heterocycles. The highest BCUT2D eigenvalue weighted by atomic mass is 16.5. The normalized spacial score (nSPS) is 12.6. The van der Waals surface area contributed by atoms with Crippen LogP contribution in [0.4, 0.5) is 0 Å².